The fourth-order valence-electron chi connectivity index (χ4n) is 1.02. The number of hydrogen-bond donors (Lipinski definition) is 1. The van der Waals surface area contributed by atoms with Gasteiger partial charge in [-0.1, -0.05) is 13.8 Å². The average Bonchev–Trinajstić information content (AvgIpc) is 1.83. The monoisotopic (exact) mass is 171 g/mol. The van der Waals surface area contributed by atoms with Gasteiger partial charge in [-0.15, -0.1) is 0 Å². The molecule has 0 atom stereocenters. The summed E-state index contributed by atoms with van der Waals surface area (Å²) in [6.45, 7) is 10.7. The molecule has 0 bridgehead atoms. The number of nitrogens with zero attached hydrogens (tertiary/aromatic N) is 1. The second-order valence-electron chi connectivity index (χ2n) is 4.40. The highest BCUT2D eigenvalue weighted by Crippen LogP contribution is 2.11. The Balaban J connectivity index is 4.39. The standard InChI is InChI=1S/C10H21NO/c1-8(2)9(6-7-12)11-10(3,4)5/h8,12H,6-7H2,1-5H3/b11-9+. The SMILES string of the molecule is CC(C)/C(CCO)=N/C(C)(C)C. The zero-order valence-electron chi connectivity index (χ0n) is 8.89. The van der Waals surface area contributed by atoms with Crippen molar-refractivity contribution in [2.75, 3.05) is 6.61 Å². The maximum Gasteiger partial charge on any atom is 0.0523 e. The molecule has 0 heterocycles. The Hall–Kier alpha value is -0.370. The Kier molecular flexibility index (Phi) is 4.46. The van der Waals surface area contributed by atoms with E-state index in [2.05, 4.69) is 39.6 Å². The van der Waals surface area contributed by atoms with Gasteiger partial charge in [0.15, 0.2) is 0 Å². The maximum absolute atomic E-state index is 8.80. The topological polar surface area (TPSA) is 32.6 Å². The molecule has 0 saturated heterocycles. The van der Waals surface area contributed by atoms with Gasteiger partial charge < -0.3 is 5.11 Å². The zero-order chi connectivity index (χ0) is 9.78. The predicted molar refractivity (Wildman–Crippen MR) is 53.7 cm³/mol. The highest BCUT2D eigenvalue weighted by molar-refractivity contribution is 5.86. The Bertz CT molecular complexity index is 154. The van der Waals surface area contributed by atoms with Crippen LogP contribution < -0.4 is 0 Å². The van der Waals surface area contributed by atoms with E-state index in [-0.39, 0.29) is 12.1 Å². The van der Waals surface area contributed by atoms with Gasteiger partial charge in [0.25, 0.3) is 0 Å². The van der Waals surface area contributed by atoms with Crippen LogP contribution >= 0.6 is 0 Å². The van der Waals surface area contributed by atoms with Gasteiger partial charge in [-0.05, 0) is 26.7 Å². The molecule has 0 amide bonds. The molecule has 0 aromatic carbocycles. The largest absolute Gasteiger partial charge is 0.396 e. The van der Waals surface area contributed by atoms with E-state index < -0.39 is 0 Å². The molecule has 1 N–H and O–H groups in total. The number of aliphatic hydroxyl groups is 1. The second kappa shape index (κ2) is 4.61. The van der Waals surface area contributed by atoms with Gasteiger partial charge >= 0.3 is 0 Å². The third-order valence-electron chi connectivity index (χ3n) is 1.51. The molecular formula is C10H21NO. The molecule has 0 saturated carbocycles. The zero-order valence-corrected chi connectivity index (χ0v) is 8.89. The van der Waals surface area contributed by atoms with Gasteiger partial charge in [0.1, 0.15) is 0 Å². The molecule has 2 heteroatoms. The minimum absolute atomic E-state index is 0.0191. The fraction of sp³-hybridized carbons (Fsp3) is 0.900. The van der Waals surface area contributed by atoms with E-state index >= 15 is 0 Å². The molecule has 0 aliphatic carbocycles. The number of hydrogen-bond acceptors (Lipinski definition) is 2. The second-order valence-corrected chi connectivity index (χ2v) is 4.40. The summed E-state index contributed by atoms with van der Waals surface area (Å²) in [6.07, 6.45) is 0.703. The fourth-order valence-corrected chi connectivity index (χ4v) is 1.02. The summed E-state index contributed by atoms with van der Waals surface area (Å²) in [6, 6.07) is 0. The van der Waals surface area contributed by atoms with Crippen LogP contribution in [-0.4, -0.2) is 23.0 Å². The lowest BCUT2D eigenvalue weighted by Gasteiger charge is -2.17. The van der Waals surface area contributed by atoms with Gasteiger partial charge in [0.05, 0.1) is 5.54 Å². The first-order valence-corrected chi connectivity index (χ1v) is 4.56. The molecule has 0 radical (unpaired) electrons. The van der Waals surface area contributed by atoms with Crippen LogP contribution in [0.4, 0.5) is 0 Å². The molecule has 0 aliphatic heterocycles. The van der Waals surface area contributed by atoms with E-state index in [9.17, 15) is 0 Å². The molecule has 12 heavy (non-hydrogen) atoms. The van der Waals surface area contributed by atoms with E-state index in [4.69, 9.17) is 5.11 Å². The summed E-state index contributed by atoms with van der Waals surface area (Å²) < 4.78 is 0. The lowest BCUT2D eigenvalue weighted by molar-refractivity contribution is 0.305. The van der Waals surface area contributed by atoms with Crippen molar-refractivity contribution in [1.29, 1.82) is 0 Å². The van der Waals surface area contributed by atoms with Crippen LogP contribution in [0.1, 0.15) is 41.0 Å². The van der Waals surface area contributed by atoms with Crippen molar-refractivity contribution in [1.82, 2.24) is 0 Å². The highest BCUT2D eigenvalue weighted by Gasteiger charge is 2.11. The molecular weight excluding hydrogens is 150 g/mol. The van der Waals surface area contributed by atoms with Crippen LogP contribution in [0.3, 0.4) is 0 Å². The number of rotatable bonds is 3. The van der Waals surface area contributed by atoms with Crippen molar-refractivity contribution in [3.63, 3.8) is 0 Å². The predicted octanol–water partition coefficient (Wildman–Crippen LogP) is 2.26. The Morgan fingerprint density at radius 2 is 1.83 bits per heavy atom. The van der Waals surface area contributed by atoms with E-state index in [0.717, 1.165) is 5.71 Å². The summed E-state index contributed by atoms with van der Waals surface area (Å²) in [4.78, 5) is 4.55. The lowest BCUT2D eigenvalue weighted by Crippen LogP contribution is -2.18. The maximum atomic E-state index is 8.80. The van der Waals surface area contributed by atoms with E-state index in [1.54, 1.807) is 0 Å². The summed E-state index contributed by atoms with van der Waals surface area (Å²) in [7, 11) is 0. The van der Waals surface area contributed by atoms with Gasteiger partial charge in [0.2, 0.25) is 0 Å². The number of aliphatic imine (C=N–C) groups is 1. The molecule has 72 valence electrons. The van der Waals surface area contributed by atoms with Crippen LogP contribution in [0.5, 0.6) is 0 Å². The quantitative estimate of drug-likeness (QED) is 0.649. The molecule has 0 unspecified atom stereocenters. The van der Waals surface area contributed by atoms with Gasteiger partial charge in [-0.2, -0.15) is 0 Å². The molecule has 0 aliphatic rings. The van der Waals surface area contributed by atoms with E-state index in [0.29, 0.717) is 12.3 Å². The van der Waals surface area contributed by atoms with E-state index in [1.807, 2.05) is 0 Å². The molecule has 0 aromatic rings. The van der Waals surface area contributed by atoms with Crippen molar-refractivity contribution < 1.29 is 5.11 Å². The molecule has 0 rings (SSSR count). The Morgan fingerprint density at radius 1 is 1.33 bits per heavy atom. The van der Waals surface area contributed by atoms with Crippen molar-refractivity contribution in [3.8, 4) is 0 Å². The minimum Gasteiger partial charge on any atom is -0.396 e. The van der Waals surface area contributed by atoms with Crippen LogP contribution in [0.15, 0.2) is 4.99 Å². The van der Waals surface area contributed by atoms with Gasteiger partial charge in [-0.3, -0.25) is 4.99 Å². The van der Waals surface area contributed by atoms with Crippen molar-refractivity contribution in [3.05, 3.63) is 0 Å². The average molecular weight is 171 g/mol. The normalized spacial score (nSPS) is 14.1. The molecule has 0 spiro atoms. The Labute approximate surface area is 75.7 Å². The minimum atomic E-state index is -0.0191. The summed E-state index contributed by atoms with van der Waals surface area (Å²) >= 11 is 0. The smallest absolute Gasteiger partial charge is 0.0523 e. The van der Waals surface area contributed by atoms with E-state index in [1.165, 1.54) is 0 Å². The van der Waals surface area contributed by atoms with Crippen molar-refractivity contribution in [2.24, 2.45) is 10.9 Å². The summed E-state index contributed by atoms with van der Waals surface area (Å²) in [5.41, 5.74) is 1.10. The number of aliphatic hydroxyl groups excluding tert-OH is 1. The van der Waals surface area contributed by atoms with Gasteiger partial charge in [-0.25, -0.2) is 0 Å². The Morgan fingerprint density at radius 3 is 2.08 bits per heavy atom. The van der Waals surface area contributed by atoms with Crippen LogP contribution in [0.2, 0.25) is 0 Å². The third-order valence-corrected chi connectivity index (χ3v) is 1.51. The first-order chi connectivity index (χ1) is 5.37. The van der Waals surface area contributed by atoms with Crippen LogP contribution in [0.25, 0.3) is 0 Å². The van der Waals surface area contributed by atoms with Crippen molar-refractivity contribution in [2.45, 2.75) is 46.6 Å². The van der Waals surface area contributed by atoms with Crippen molar-refractivity contribution >= 4 is 5.71 Å². The molecule has 0 fully saturated rings. The van der Waals surface area contributed by atoms with Gasteiger partial charge in [0, 0.05) is 18.7 Å². The first kappa shape index (κ1) is 11.6. The first-order valence-electron chi connectivity index (χ1n) is 4.56. The third kappa shape index (κ3) is 5.30. The molecule has 2 nitrogen and oxygen atoms in total. The summed E-state index contributed by atoms with van der Waals surface area (Å²) in [5.74, 6) is 0.441. The highest BCUT2D eigenvalue weighted by atomic mass is 16.3. The van der Waals surface area contributed by atoms with Crippen LogP contribution in [0, 0.1) is 5.92 Å². The molecule has 0 aromatic heterocycles. The lowest BCUT2D eigenvalue weighted by atomic mass is 10.0. The summed E-state index contributed by atoms with van der Waals surface area (Å²) in [5, 5.41) is 8.80. The van der Waals surface area contributed by atoms with Crippen LogP contribution in [-0.2, 0) is 0 Å².